The summed E-state index contributed by atoms with van der Waals surface area (Å²) in [4.78, 5) is 27.8. The number of methoxy groups -OCH3 is 1. The number of hydrogen-bond donors (Lipinski definition) is 2. The first-order chi connectivity index (χ1) is 11.6. The molecular formula is C17H21N3O3S. The minimum absolute atomic E-state index is 0.135. The topological polar surface area (TPSA) is 80.3 Å². The van der Waals surface area contributed by atoms with Crippen molar-refractivity contribution in [1.29, 1.82) is 0 Å². The summed E-state index contributed by atoms with van der Waals surface area (Å²) in [7, 11) is 1.26. The summed E-state index contributed by atoms with van der Waals surface area (Å²) in [5.74, 6) is -0.283. The second kappa shape index (κ2) is 9.02. The number of carbonyl (C=O) groups excluding carboxylic acids is 2. The second-order valence-corrected chi connectivity index (χ2v) is 6.08. The van der Waals surface area contributed by atoms with Crippen molar-refractivity contribution in [3.63, 3.8) is 0 Å². The zero-order chi connectivity index (χ0) is 17.4. The Morgan fingerprint density at radius 3 is 2.67 bits per heavy atom. The number of thiazole rings is 1. The van der Waals surface area contributed by atoms with E-state index in [9.17, 15) is 9.59 Å². The number of aromatic nitrogens is 1. The summed E-state index contributed by atoms with van der Waals surface area (Å²) in [6, 6.07) is 9.68. The predicted octanol–water partition coefficient (Wildman–Crippen LogP) is 2.46. The van der Waals surface area contributed by atoms with Crippen LogP contribution in [-0.2, 0) is 22.4 Å². The number of nitrogens with one attached hydrogen (secondary N) is 2. The third-order valence-corrected chi connectivity index (χ3v) is 4.43. The van der Waals surface area contributed by atoms with E-state index in [0.29, 0.717) is 6.42 Å². The fourth-order valence-electron chi connectivity index (χ4n) is 2.16. The molecule has 2 N–H and O–H groups in total. The molecule has 0 radical (unpaired) electrons. The average molecular weight is 347 g/mol. The Kier molecular flexibility index (Phi) is 6.74. The van der Waals surface area contributed by atoms with Gasteiger partial charge in [-0.05, 0) is 18.4 Å². The van der Waals surface area contributed by atoms with Crippen LogP contribution in [0.5, 0.6) is 0 Å². The molecule has 0 saturated heterocycles. The van der Waals surface area contributed by atoms with Gasteiger partial charge in [0, 0.05) is 5.38 Å². The van der Waals surface area contributed by atoms with E-state index in [1.165, 1.54) is 18.4 Å². The fraction of sp³-hybridized carbons (Fsp3) is 0.353. The Balaban J connectivity index is 2.07. The van der Waals surface area contributed by atoms with E-state index in [-0.39, 0.29) is 18.5 Å². The molecule has 7 heteroatoms. The normalized spacial score (nSPS) is 11.6. The van der Waals surface area contributed by atoms with E-state index in [2.05, 4.69) is 20.4 Å². The van der Waals surface area contributed by atoms with Crippen LogP contribution in [0.4, 0.5) is 4.79 Å². The maximum absolute atomic E-state index is 12.1. The van der Waals surface area contributed by atoms with Crippen LogP contribution in [0.15, 0.2) is 35.7 Å². The third kappa shape index (κ3) is 5.34. The first-order valence-electron chi connectivity index (χ1n) is 7.71. The van der Waals surface area contributed by atoms with Crippen LogP contribution in [-0.4, -0.2) is 30.6 Å². The van der Waals surface area contributed by atoms with Crippen LogP contribution in [0.2, 0.25) is 0 Å². The quantitative estimate of drug-likeness (QED) is 0.806. The summed E-state index contributed by atoms with van der Waals surface area (Å²) in [5.41, 5.74) is 2.12. The van der Waals surface area contributed by atoms with Gasteiger partial charge in [0.25, 0.3) is 0 Å². The van der Waals surface area contributed by atoms with E-state index < -0.39 is 6.09 Å². The molecule has 1 atom stereocenters. The van der Waals surface area contributed by atoms with E-state index in [1.807, 2.05) is 42.6 Å². The molecule has 0 fully saturated rings. The second-order valence-electron chi connectivity index (χ2n) is 5.19. The molecule has 0 bridgehead atoms. The van der Waals surface area contributed by atoms with Crippen molar-refractivity contribution < 1.29 is 14.3 Å². The van der Waals surface area contributed by atoms with E-state index >= 15 is 0 Å². The van der Waals surface area contributed by atoms with Crippen LogP contribution in [0, 0.1) is 0 Å². The Morgan fingerprint density at radius 2 is 2.04 bits per heavy atom. The van der Waals surface area contributed by atoms with Gasteiger partial charge in [-0.1, -0.05) is 37.3 Å². The van der Waals surface area contributed by atoms with Gasteiger partial charge in [-0.2, -0.15) is 0 Å². The number of carbonyl (C=O) groups is 2. The zero-order valence-corrected chi connectivity index (χ0v) is 14.6. The molecule has 0 aliphatic heterocycles. The molecule has 2 aromatic rings. The summed E-state index contributed by atoms with van der Waals surface area (Å²) in [6.45, 7) is 1.91. The Labute approximate surface area is 145 Å². The average Bonchev–Trinajstić information content (AvgIpc) is 3.09. The fourth-order valence-corrected chi connectivity index (χ4v) is 3.12. The van der Waals surface area contributed by atoms with Gasteiger partial charge in [0.2, 0.25) is 5.91 Å². The van der Waals surface area contributed by atoms with E-state index in [0.717, 1.165) is 22.7 Å². The minimum atomic E-state index is -0.632. The molecule has 2 amide bonds. The number of aryl methyl sites for hydroxylation is 1. The highest BCUT2D eigenvalue weighted by atomic mass is 32.1. The van der Waals surface area contributed by atoms with Crippen LogP contribution >= 0.6 is 11.3 Å². The molecule has 0 aliphatic carbocycles. The largest absolute Gasteiger partial charge is 0.453 e. The summed E-state index contributed by atoms with van der Waals surface area (Å²) < 4.78 is 4.46. The lowest BCUT2D eigenvalue weighted by Gasteiger charge is -2.17. The standard InChI is InChI=1S/C17H21N3O3S/c1-3-13-11-24-16(19-13)14(9-12-7-5-4-6-8-12)20-15(21)10-18-17(22)23-2/h4-8,11,14H,3,9-10H2,1-2H3,(H,18,22)(H,20,21). The van der Waals surface area contributed by atoms with Gasteiger partial charge in [0.05, 0.1) is 18.8 Å². The number of rotatable bonds is 7. The van der Waals surface area contributed by atoms with Crippen molar-refractivity contribution in [2.24, 2.45) is 0 Å². The number of alkyl carbamates (subject to hydrolysis) is 1. The highest BCUT2D eigenvalue weighted by molar-refractivity contribution is 7.09. The van der Waals surface area contributed by atoms with E-state index in [1.54, 1.807) is 0 Å². The molecule has 0 aliphatic rings. The van der Waals surface area contributed by atoms with Crippen LogP contribution in [0.1, 0.15) is 29.2 Å². The number of hydrogen-bond acceptors (Lipinski definition) is 5. The SMILES string of the molecule is CCc1csc(C(Cc2ccccc2)NC(=O)CNC(=O)OC)n1. The maximum atomic E-state index is 12.1. The van der Waals surface area contributed by atoms with Gasteiger partial charge in [0.15, 0.2) is 0 Å². The molecule has 1 aromatic carbocycles. The zero-order valence-electron chi connectivity index (χ0n) is 13.7. The van der Waals surface area contributed by atoms with Crippen molar-refractivity contribution in [3.05, 3.63) is 52.0 Å². The van der Waals surface area contributed by atoms with Crippen molar-refractivity contribution in [3.8, 4) is 0 Å². The lowest BCUT2D eigenvalue weighted by atomic mass is 10.1. The first kappa shape index (κ1) is 17.9. The summed E-state index contributed by atoms with van der Waals surface area (Å²) >= 11 is 1.53. The van der Waals surface area contributed by atoms with Gasteiger partial charge in [-0.25, -0.2) is 9.78 Å². The van der Waals surface area contributed by atoms with Crippen LogP contribution < -0.4 is 10.6 Å². The maximum Gasteiger partial charge on any atom is 0.407 e. The predicted molar refractivity (Wildman–Crippen MR) is 92.9 cm³/mol. The van der Waals surface area contributed by atoms with Gasteiger partial charge >= 0.3 is 6.09 Å². The lowest BCUT2D eigenvalue weighted by molar-refractivity contribution is -0.120. The molecule has 6 nitrogen and oxygen atoms in total. The molecule has 0 saturated carbocycles. The monoisotopic (exact) mass is 347 g/mol. The molecule has 1 unspecified atom stereocenters. The van der Waals surface area contributed by atoms with Gasteiger partial charge < -0.3 is 15.4 Å². The number of ether oxygens (including phenoxy) is 1. The van der Waals surface area contributed by atoms with Crippen molar-refractivity contribution in [1.82, 2.24) is 15.6 Å². The van der Waals surface area contributed by atoms with Gasteiger partial charge in [0.1, 0.15) is 11.6 Å². The molecule has 128 valence electrons. The minimum Gasteiger partial charge on any atom is -0.453 e. The Morgan fingerprint density at radius 1 is 1.29 bits per heavy atom. The van der Waals surface area contributed by atoms with Gasteiger partial charge in [-0.15, -0.1) is 11.3 Å². The lowest BCUT2D eigenvalue weighted by Crippen LogP contribution is -2.39. The third-order valence-electron chi connectivity index (χ3n) is 3.43. The highest BCUT2D eigenvalue weighted by Gasteiger charge is 2.19. The van der Waals surface area contributed by atoms with Crippen molar-refractivity contribution >= 4 is 23.3 Å². The Bertz CT molecular complexity index is 673. The van der Waals surface area contributed by atoms with Crippen LogP contribution in [0.25, 0.3) is 0 Å². The van der Waals surface area contributed by atoms with Crippen molar-refractivity contribution in [2.45, 2.75) is 25.8 Å². The molecular weight excluding hydrogens is 326 g/mol. The smallest absolute Gasteiger partial charge is 0.407 e. The van der Waals surface area contributed by atoms with Crippen molar-refractivity contribution in [2.75, 3.05) is 13.7 Å². The molecule has 1 heterocycles. The molecule has 1 aromatic heterocycles. The molecule has 0 spiro atoms. The first-order valence-corrected chi connectivity index (χ1v) is 8.59. The molecule has 24 heavy (non-hydrogen) atoms. The molecule has 2 rings (SSSR count). The summed E-state index contributed by atoms with van der Waals surface area (Å²) in [6.07, 6.45) is 0.862. The Hall–Kier alpha value is -2.41. The number of nitrogens with zero attached hydrogens (tertiary/aromatic N) is 1. The van der Waals surface area contributed by atoms with E-state index in [4.69, 9.17) is 0 Å². The highest BCUT2D eigenvalue weighted by Crippen LogP contribution is 2.22. The number of benzene rings is 1. The number of amides is 2. The van der Waals surface area contributed by atoms with Gasteiger partial charge in [-0.3, -0.25) is 4.79 Å². The summed E-state index contributed by atoms with van der Waals surface area (Å²) in [5, 5.41) is 8.19. The van der Waals surface area contributed by atoms with Crippen LogP contribution in [0.3, 0.4) is 0 Å².